The van der Waals surface area contributed by atoms with Crippen LogP contribution in [-0.2, 0) is 5.75 Å². The zero-order valence-corrected chi connectivity index (χ0v) is 18.5. The fraction of sp³-hybridized carbons (Fsp3) is 0.286. The number of carbonyl (C=O) groups excluding carboxylic acids is 1. The first-order valence-corrected chi connectivity index (χ1v) is 11.3. The quantitative estimate of drug-likeness (QED) is 0.385. The first-order valence-electron chi connectivity index (χ1n) is 9.12. The van der Waals surface area contributed by atoms with Crippen molar-refractivity contribution in [2.75, 3.05) is 0 Å². The van der Waals surface area contributed by atoms with Gasteiger partial charge in [0, 0.05) is 17.4 Å². The van der Waals surface area contributed by atoms with E-state index in [1.54, 1.807) is 16.4 Å². The number of thioether (sulfide) groups is 1. The summed E-state index contributed by atoms with van der Waals surface area (Å²) in [7, 11) is 0. The zero-order valence-electron chi connectivity index (χ0n) is 16.1. The van der Waals surface area contributed by atoms with Gasteiger partial charge in [-0.25, -0.2) is 4.68 Å². The Labute approximate surface area is 179 Å². The van der Waals surface area contributed by atoms with Gasteiger partial charge in [-0.15, -0.1) is 5.10 Å². The molecule has 4 nitrogen and oxygen atoms in total. The van der Waals surface area contributed by atoms with Crippen molar-refractivity contribution in [2.24, 2.45) is 5.92 Å². The van der Waals surface area contributed by atoms with Crippen LogP contribution < -0.4 is 5.32 Å². The van der Waals surface area contributed by atoms with E-state index in [2.05, 4.69) is 36.4 Å². The monoisotopic (exact) mass is 429 g/mol. The topological polar surface area (TPSA) is 46.9 Å². The minimum Gasteiger partial charge on any atom is -0.349 e. The normalized spacial score (nSPS) is 12.1. The summed E-state index contributed by atoms with van der Waals surface area (Å²) in [5.74, 6) is 1.19. The van der Waals surface area contributed by atoms with Crippen molar-refractivity contribution in [1.29, 1.82) is 0 Å². The molecule has 28 heavy (non-hydrogen) atoms. The number of hydrogen-bond donors (Lipinski definition) is 1. The molecule has 7 heteroatoms. The van der Waals surface area contributed by atoms with Crippen LogP contribution in [0, 0.1) is 9.87 Å². The SMILES string of the molecule is CC(C)C(C)NC(=O)c1ccc(-n2nc(SCc3ccccc3)sc2=S)cc1. The molecule has 1 heterocycles. The summed E-state index contributed by atoms with van der Waals surface area (Å²) in [5, 5.41) is 7.65. The lowest BCUT2D eigenvalue weighted by Gasteiger charge is -2.17. The Kier molecular flexibility index (Phi) is 7.04. The second-order valence-electron chi connectivity index (χ2n) is 6.87. The number of aromatic nitrogens is 2. The molecule has 1 unspecified atom stereocenters. The molecule has 3 rings (SSSR count). The van der Waals surface area contributed by atoms with Gasteiger partial charge in [-0.1, -0.05) is 67.3 Å². The minimum atomic E-state index is -0.0614. The minimum absolute atomic E-state index is 0.0614. The summed E-state index contributed by atoms with van der Waals surface area (Å²) in [5.41, 5.74) is 2.75. The molecule has 0 aliphatic heterocycles. The van der Waals surface area contributed by atoms with Gasteiger partial charge in [-0.3, -0.25) is 4.79 Å². The molecule has 0 aliphatic rings. The maximum Gasteiger partial charge on any atom is 0.251 e. The summed E-state index contributed by atoms with van der Waals surface area (Å²) >= 11 is 8.66. The number of nitrogens with zero attached hydrogens (tertiary/aromatic N) is 2. The van der Waals surface area contributed by atoms with E-state index in [0.29, 0.717) is 15.4 Å². The molecule has 0 fully saturated rings. The van der Waals surface area contributed by atoms with Crippen molar-refractivity contribution < 1.29 is 4.79 Å². The Morgan fingerprint density at radius 3 is 2.46 bits per heavy atom. The van der Waals surface area contributed by atoms with Crippen molar-refractivity contribution >= 4 is 41.2 Å². The molecule has 0 saturated heterocycles. The van der Waals surface area contributed by atoms with Crippen LogP contribution >= 0.6 is 35.3 Å². The third-order valence-corrected chi connectivity index (χ3v) is 6.90. The van der Waals surface area contributed by atoms with Gasteiger partial charge in [0.25, 0.3) is 5.91 Å². The molecule has 1 N–H and O–H groups in total. The molecule has 1 atom stereocenters. The molecule has 0 aliphatic carbocycles. The van der Waals surface area contributed by atoms with Gasteiger partial charge in [0.1, 0.15) is 0 Å². The third kappa shape index (κ3) is 5.31. The zero-order chi connectivity index (χ0) is 20.1. The average molecular weight is 430 g/mol. The maximum atomic E-state index is 12.3. The highest BCUT2D eigenvalue weighted by atomic mass is 32.2. The van der Waals surface area contributed by atoms with Crippen LogP contribution in [-0.4, -0.2) is 21.7 Å². The predicted molar refractivity (Wildman–Crippen MR) is 120 cm³/mol. The highest BCUT2D eigenvalue weighted by molar-refractivity contribution is 8.00. The molecular weight excluding hydrogens is 406 g/mol. The van der Waals surface area contributed by atoms with Crippen molar-refractivity contribution in [3.05, 3.63) is 69.7 Å². The second-order valence-corrected chi connectivity index (χ2v) is 9.72. The molecule has 2 aromatic carbocycles. The largest absolute Gasteiger partial charge is 0.349 e. The fourth-order valence-electron chi connectivity index (χ4n) is 2.41. The van der Waals surface area contributed by atoms with E-state index in [9.17, 15) is 4.79 Å². The molecule has 0 bridgehead atoms. The predicted octanol–water partition coefficient (Wildman–Crippen LogP) is 5.73. The molecule has 0 saturated carbocycles. The molecule has 1 aromatic heterocycles. The van der Waals surface area contributed by atoms with Crippen molar-refractivity contribution in [2.45, 2.75) is 36.9 Å². The van der Waals surface area contributed by atoms with Gasteiger partial charge in [0.2, 0.25) is 0 Å². The third-order valence-electron chi connectivity index (χ3n) is 4.47. The number of amides is 1. The van der Waals surface area contributed by atoms with Crippen LogP contribution in [0.15, 0.2) is 58.9 Å². The van der Waals surface area contributed by atoms with Crippen LogP contribution in [0.3, 0.4) is 0 Å². The molecule has 0 radical (unpaired) electrons. The lowest BCUT2D eigenvalue weighted by atomic mass is 10.1. The molecule has 1 amide bonds. The highest BCUT2D eigenvalue weighted by Crippen LogP contribution is 2.27. The number of nitrogens with one attached hydrogen (secondary N) is 1. The summed E-state index contributed by atoms with van der Waals surface area (Å²) in [6, 6.07) is 17.8. The molecule has 3 aromatic rings. The van der Waals surface area contributed by atoms with Gasteiger partial charge in [0.05, 0.1) is 5.69 Å². The fourth-order valence-corrected chi connectivity index (χ4v) is 4.73. The van der Waals surface area contributed by atoms with Gasteiger partial charge in [-0.2, -0.15) is 0 Å². The van der Waals surface area contributed by atoms with Crippen molar-refractivity contribution in [1.82, 2.24) is 15.1 Å². The summed E-state index contributed by atoms with van der Waals surface area (Å²) in [6.45, 7) is 6.19. The van der Waals surface area contributed by atoms with Crippen LogP contribution in [0.4, 0.5) is 0 Å². The Morgan fingerprint density at radius 2 is 1.82 bits per heavy atom. The molecular formula is C21H23N3OS3. The Bertz CT molecular complexity index is 978. The van der Waals surface area contributed by atoms with E-state index in [1.807, 2.05) is 49.4 Å². The first-order chi connectivity index (χ1) is 13.4. The van der Waals surface area contributed by atoms with E-state index < -0.39 is 0 Å². The van der Waals surface area contributed by atoms with E-state index in [1.165, 1.54) is 16.9 Å². The molecule has 146 valence electrons. The van der Waals surface area contributed by atoms with Crippen LogP contribution in [0.2, 0.25) is 0 Å². The van der Waals surface area contributed by atoms with Gasteiger partial charge < -0.3 is 5.32 Å². The Morgan fingerprint density at radius 1 is 1.14 bits per heavy atom. The summed E-state index contributed by atoms with van der Waals surface area (Å²) in [4.78, 5) is 12.3. The lowest BCUT2D eigenvalue weighted by molar-refractivity contribution is 0.0930. The molecule has 0 spiro atoms. The second kappa shape index (κ2) is 9.49. The number of benzene rings is 2. The highest BCUT2D eigenvalue weighted by Gasteiger charge is 2.13. The van der Waals surface area contributed by atoms with Gasteiger partial charge >= 0.3 is 0 Å². The van der Waals surface area contributed by atoms with Gasteiger partial charge in [-0.05, 0) is 54.9 Å². The lowest BCUT2D eigenvalue weighted by Crippen LogP contribution is -2.36. The van der Waals surface area contributed by atoms with Crippen molar-refractivity contribution in [3.8, 4) is 5.69 Å². The summed E-state index contributed by atoms with van der Waals surface area (Å²) < 4.78 is 3.38. The average Bonchev–Trinajstić information content (AvgIpc) is 3.07. The van der Waals surface area contributed by atoms with Crippen molar-refractivity contribution in [3.63, 3.8) is 0 Å². The smallest absolute Gasteiger partial charge is 0.251 e. The van der Waals surface area contributed by atoms with E-state index >= 15 is 0 Å². The van der Waals surface area contributed by atoms with E-state index in [0.717, 1.165) is 15.8 Å². The van der Waals surface area contributed by atoms with Crippen LogP contribution in [0.1, 0.15) is 36.7 Å². The van der Waals surface area contributed by atoms with E-state index in [-0.39, 0.29) is 11.9 Å². The van der Waals surface area contributed by atoms with E-state index in [4.69, 9.17) is 12.2 Å². The van der Waals surface area contributed by atoms with Crippen LogP contribution in [0.5, 0.6) is 0 Å². The Balaban J connectivity index is 1.69. The number of carbonyl (C=O) groups is 1. The standard InChI is InChI=1S/C21H23N3OS3/c1-14(2)15(3)22-19(25)17-9-11-18(12-10-17)24-21(26)28-20(23-24)27-13-16-7-5-4-6-8-16/h4-12,14-15H,13H2,1-3H3,(H,22,25). The number of hydrogen-bond acceptors (Lipinski definition) is 5. The van der Waals surface area contributed by atoms with Gasteiger partial charge in [0.15, 0.2) is 8.29 Å². The Hall–Kier alpha value is -1.96. The number of rotatable bonds is 7. The maximum absolute atomic E-state index is 12.3. The van der Waals surface area contributed by atoms with Crippen LogP contribution in [0.25, 0.3) is 5.69 Å². The summed E-state index contributed by atoms with van der Waals surface area (Å²) in [6.07, 6.45) is 0. The first kappa shape index (κ1) is 20.8.